The molecule has 0 bridgehead atoms. The molecule has 0 aliphatic rings. The van der Waals surface area contributed by atoms with Gasteiger partial charge in [0.25, 0.3) is 5.91 Å². The molecule has 2 aromatic heterocycles. The standard InChI is InChI=1S/C19H20N4O4S3/c1-4-26-15(24)10-29-19-23-22-18(30-19)21-16(25)14-9-28-17(20-14)12-5-7-13(8-6-12)27-11(2)3/h5-9,11H,4,10H2,1-3H3,(H,21,22,25). The molecule has 1 N–H and O–H groups in total. The van der Waals surface area contributed by atoms with E-state index in [-0.39, 0.29) is 23.7 Å². The van der Waals surface area contributed by atoms with Crippen LogP contribution in [-0.4, -0.2) is 45.5 Å². The van der Waals surface area contributed by atoms with Crippen molar-refractivity contribution >= 4 is 51.4 Å². The highest BCUT2D eigenvalue weighted by Gasteiger charge is 2.15. The van der Waals surface area contributed by atoms with Gasteiger partial charge >= 0.3 is 5.97 Å². The highest BCUT2D eigenvalue weighted by molar-refractivity contribution is 8.01. The average Bonchev–Trinajstić information content (AvgIpc) is 3.36. The van der Waals surface area contributed by atoms with Gasteiger partial charge in [-0.1, -0.05) is 23.1 Å². The van der Waals surface area contributed by atoms with Crippen LogP contribution in [0.1, 0.15) is 31.3 Å². The number of ether oxygens (including phenoxy) is 2. The maximum absolute atomic E-state index is 12.5. The van der Waals surface area contributed by atoms with Gasteiger partial charge in [-0.2, -0.15) is 0 Å². The largest absolute Gasteiger partial charge is 0.491 e. The van der Waals surface area contributed by atoms with Crippen molar-refractivity contribution in [2.24, 2.45) is 0 Å². The minimum Gasteiger partial charge on any atom is -0.491 e. The van der Waals surface area contributed by atoms with E-state index in [4.69, 9.17) is 9.47 Å². The molecule has 3 rings (SSSR count). The number of carbonyl (C=O) groups excluding carboxylic acids is 2. The summed E-state index contributed by atoms with van der Waals surface area (Å²) < 4.78 is 11.1. The Bertz CT molecular complexity index is 1000. The van der Waals surface area contributed by atoms with Crippen molar-refractivity contribution in [1.82, 2.24) is 15.2 Å². The first-order valence-electron chi connectivity index (χ1n) is 9.10. The zero-order valence-corrected chi connectivity index (χ0v) is 19.0. The lowest BCUT2D eigenvalue weighted by molar-refractivity contribution is -0.139. The zero-order chi connectivity index (χ0) is 21.5. The lowest BCUT2D eigenvalue weighted by Gasteiger charge is -2.09. The number of amides is 1. The number of thioether (sulfide) groups is 1. The number of hydrogen-bond donors (Lipinski definition) is 1. The van der Waals surface area contributed by atoms with Gasteiger partial charge in [-0.3, -0.25) is 14.9 Å². The van der Waals surface area contributed by atoms with Gasteiger partial charge in [-0.15, -0.1) is 21.5 Å². The van der Waals surface area contributed by atoms with E-state index in [1.807, 2.05) is 38.1 Å². The maximum atomic E-state index is 12.5. The second-order valence-electron chi connectivity index (χ2n) is 6.15. The number of aromatic nitrogens is 3. The molecule has 0 radical (unpaired) electrons. The lowest BCUT2D eigenvalue weighted by Crippen LogP contribution is -2.12. The van der Waals surface area contributed by atoms with Gasteiger partial charge in [-0.05, 0) is 45.0 Å². The van der Waals surface area contributed by atoms with Crippen LogP contribution < -0.4 is 10.1 Å². The predicted molar refractivity (Wildman–Crippen MR) is 119 cm³/mol. The van der Waals surface area contributed by atoms with Crippen molar-refractivity contribution in [2.75, 3.05) is 17.7 Å². The van der Waals surface area contributed by atoms with Crippen molar-refractivity contribution < 1.29 is 19.1 Å². The first-order valence-corrected chi connectivity index (χ1v) is 11.8. The van der Waals surface area contributed by atoms with Crippen molar-refractivity contribution in [3.63, 3.8) is 0 Å². The number of carbonyl (C=O) groups is 2. The minimum atomic E-state index is -0.365. The van der Waals surface area contributed by atoms with Crippen LogP contribution in [0.25, 0.3) is 10.6 Å². The average molecular weight is 465 g/mol. The third-order valence-electron chi connectivity index (χ3n) is 3.46. The summed E-state index contributed by atoms with van der Waals surface area (Å²) in [5.74, 6) is 0.251. The van der Waals surface area contributed by atoms with Crippen molar-refractivity contribution in [3.8, 4) is 16.3 Å². The molecule has 11 heteroatoms. The first kappa shape index (κ1) is 22.2. The molecule has 8 nitrogen and oxygen atoms in total. The van der Waals surface area contributed by atoms with Crippen LogP contribution in [0.2, 0.25) is 0 Å². The van der Waals surface area contributed by atoms with Crippen LogP contribution in [0.4, 0.5) is 5.13 Å². The quantitative estimate of drug-likeness (QED) is 0.283. The summed E-state index contributed by atoms with van der Waals surface area (Å²) in [6.07, 6.45) is 0.107. The molecule has 2 heterocycles. The molecule has 0 spiro atoms. The fourth-order valence-electron chi connectivity index (χ4n) is 2.26. The van der Waals surface area contributed by atoms with Gasteiger partial charge in [0.1, 0.15) is 16.5 Å². The summed E-state index contributed by atoms with van der Waals surface area (Å²) in [5, 5.41) is 13.3. The smallest absolute Gasteiger partial charge is 0.316 e. The molecule has 0 aliphatic heterocycles. The van der Waals surface area contributed by atoms with E-state index in [0.717, 1.165) is 16.3 Å². The summed E-state index contributed by atoms with van der Waals surface area (Å²) in [6.45, 7) is 6.03. The summed E-state index contributed by atoms with van der Waals surface area (Å²) in [6, 6.07) is 7.59. The Hall–Kier alpha value is -2.50. The van der Waals surface area contributed by atoms with E-state index in [2.05, 4.69) is 20.5 Å². The number of nitrogens with one attached hydrogen (secondary N) is 1. The third kappa shape index (κ3) is 6.25. The van der Waals surface area contributed by atoms with Crippen LogP contribution in [0.3, 0.4) is 0 Å². The van der Waals surface area contributed by atoms with Crippen LogP contribution >= 0.6 is 34.4 Å². The maximum Gasteiger partial charge on any atom is 0.316 e. The van der Waals surface area contributed by atoms with Gasteiger partial charge in [-0.25, -0.2) is 4.98 Å². The molecule has 158 valence electrons. The summed E-state index contributed by atoms with van der Waals surface area (Å²) in [7, 11) is 0. The van der Waals surface area contributed by atoms with Gasteiger partial charge < -0.3 is 9.47 Å². The van der Waals surface area contributed by atoms with Crippen LogP contribution in [0.15, 0.2) is 34.0 Å². The SMILES string of the molecule is CCOC(=O)CSc1nnc(NC(=O)c2csc(-c3ccc(OC(C)C)cc3)n2)s1. The Morgan fingerprint density at radius 2 is 1.97 bits per heavy atom. The summed E-state index contributed by atoms with van der Waals surface area (Å²) in [5.41, 5.74) is 1.21. The minimum absolute atomic E-state index is 0.107. The van der Waals surface area contributed by atoms with E-state index in [1.54, 1.807) is 12.3 Å². The fourth-order valence-corrected chi connectivity index (χ4v) is 4.61. The number of hydrogen-bond acceptors (Lipinski definition) is 10. The molecule has 0 aliphatic carbocycles. The number of rotatable bonds is 9. The van der Waals surface area contributed by atoms with Gasteiger partial charge in [0.2, 0.25) is 5.13 Å². The van der Waals surface area contributed by atoms with Crippen molar-refractivity contribution in [2.45, 2.75) is 31.2 Å². The van der Waals surface area contributed by atoms with Crippen LogP contribution in [0, 0.1) is 0 Å². The highest BCUT2D eigenvalue weighted by Crippen LogP contribution is 2.28. The van der Waals surface area contributed by atoms with Crippen molar-refractivity contribution in [1.29, 1.82) is 0 Å². The Balaban J connectivity index is 1.58. The Morgan fingerprint density at radius 3 is 2.67 bits per heavy atom. The van der Waals surface area contributed by atoms with E-state index in [9.17, 15) is 9.59 Å². The molecule has 30 heavy (non-hydrogen) atoms. The first-order chi connectivity index (χ1) is 14.4. The number of nitrogens with zero attached hydrogens (tertiary/aromatic N) is 3. The molecule has 0 saturated carbocycles. The molecule has 3 aromatic rings. The summed E-state index contributed by atoms with van der Waals surface area (Å²) in [4.78, 5) is 28.3. The van der Waals surface area contributed by atoms with Gasteiger partial charge in [0.15, 0.2) is 4.34 Å². The van der Waals surface area contributed by atoms with E-state index in [0.29, 0.717) is 21.8 Å². The summed E-state index contributed by atoms with van der Waals surface area (Å²) >= 11 is 3.78. The van der Waals surface area contributed by atoms with Crippen LogP contribution in [0.5, 0.6) is 5.75 Å². The Morgan fingerprint density at radius 1 is 1.20 bits per heavy atom. The molecule has 0 saturated heterocycles. The molecular weight excluding hydrogens is 444 g/mol. The Kier molecular flexibility index (Phi) is 7.77. The predicted octanol–water partition coefficient (Wildman–Crippen LogP) is 4.36. The number of thiazole rings is 1. The normalized spacial score (nSPS) is 10.8. The molecule has 0 atom stereocenters. The van der Waals surface area contributed by atoms with Crippen molar-refractivity contribution in [3.05, 3.63) is 35.3 Å². The Labute approximate surface area is 186 Å². The fraction of sp³-hybridized carbons (Fsp3) is 0.316. The second kappa shape index (κ2) is 10.5. The second-order valence-corrected chi connectivity index (χ2v) is 9.21. The number of benzene rings is 1. The monoisotopic (exact) mass is 464 g/mol. The van der Waals surface area contributed by atoms with Gasteiger partial charge in [0.05, 0.1) is 18.5 Å². The molecule has 0 fully saturated rings. The highest BCUT2D eigenvalue weighted by atomic mass is 32.2. The molecule has 0 unspecified atom stereocenters. The topological polar surface area (TPSA) is 103 Å². The van der Waals surface area contributed by atoms with E-state index < -0.39 is 0 Å². The molecule has 1 aromatic carbocycles. The zero-order valence-electron chi connectivity index (χ0n) is 16.6. The number of anilines is 1. The molecular formula is C19H20N4O4S3. The number of esters is 1. The van der Waals surface area contributed by atoms with E-state index >= 15 is 0 Å². The third-order valence-corrected chi connectivity index (χ3v) is 6.29. The van der Waals surface area contributed by atoms with Crippen LogP contribution in [-0.2, 0) is 9.53 Å². The van der Waals surface area contributed by atoms with E-state index in [1.165, 1.54) is 34.4 Å². The molecule has 1 amide bonds. The van der Waals surface area contributed by atoms with Gasteiger partial charge in [0, 0.05) is 10.9 Å². The lowest BCUT2D eigenvalue weighted by atomic mass is 10.2.